The maximum absolute atomic E-state index is 10.3. The van der Waals surface area contributed by atoms with Crippen molar-refractivity contribution in [2.45, 2.75) is 32.6 Å². The molecule has 1 fully saturated rings. The second-order valence-corrected chi connectivity index (χ2v) is 2.45. The summed E-state index contributed by atoms with van der Waals surface area (Å²) in [6.45, 7) is 1.36. The summed E-state index contributed by atoms with van der Waals surface area (Å²) in [4.78, 5) is 14.7. The lowest BCUT2D eigenvalue weighted by Gasteiger charge is -1.92. The highest BCUT2D eigenvalue weighted by Crippen LogP contribution is 2.14. The van der Waals surface area contributed by atoms with Crippen LogP contribution in [0.25, 0.3) is 0 Å². The van der Waals surface area contributed by atoms with E-state index in [0.717, 1.165) is 18.6 Å². The molecule has 0 aromatic carbocycles. The number of carbonyl (C=O) groups is 1. The van der Waals surface area contributed by atoms with Gasteiger partial charge >= 0.3 is 5.97 Å². The number of nitrogens with zero attached hydrogens (tertiary/aromatic N) is 1. The Balaban J connectivity index is 2.31. The van der Waals surface area contributed by atoms with Crippen LogP contribution in [0.4, 0.5) is 0 Å². The van der Waals surface area contributed by atoms with E-state index in [0.29, 0.717) is 0 Å². The molecule has 1 aliphatic rings. The monoisotopic (exact) mass is 141 g/mol. The molecular weight excluding hydrogens is 130 g/mol. The quantitative estimate of drug-likeness (QED) is 0.410. The molecule has 0 spiro atoms. The van der Waals surface area contributed by atoms with Gasteiger partial charge in [-0.15, -0.1) is 0 Å². The van der Waals surface area contributed by atoms with Crippen molar-refractivity contribution in [3.8, 4) is 0 Å². The predicted octanol–water partition coefficient (Wildman–Crippen LogP) is 1.48. The van der Waals surface area contributed by atoms with E-state index in [2.05, 4.69) is 9.99 Å². The van der Waals surface area contributed by atoms with Crippen LogP contribution in [0.1, 0.15) is 32.6 Å². The van der Waals surface area contributed by atoms with Crippen molar-refractivity contribution < 1.29 is 9.63 Å². The molecule has 0 aromatic heterocycles. The Bertz CT molecular complexity index is 155. The van der Waals surface area contributed by atoms with E-state index >= 15 is 0 Å². The zero-order valence-electron chi connectivity index (χ0n) is 6.09. The summed E-state index contributed by atoms with van der Waals surface area (Å²) < 4.78 is 0. The minimum Gasteiger partial charge on any atom is -0.319 e. The van der Waals surface area contributed by atoms with Gasteiger partial charge < -0.3 is 4.84 Å². The smallest absolute Gasteiger partial charge is 0.319 e. The van der Waals surface area contributed by atoms with Crippen molar-refractivity contribution in [3.63, 3.8) is 0 Å². The van der Waals surface area contributed by atoms with Crippen molar-refractivity contribution in [2.24, 2.45) is 5.16 Å². The van der Waals surface area contributed by atoms with E-state index in [9.17, 15) is 4.79 Å². The van der Waals surface area contributed by atoms with E-state index in [1.807, 2.05) is 0 Å². The highest BCUT2D eigenvalue weighted by Gasteiger charge is 2.08. The van der Waals surface area contributed by atoms with Gasteiger partial charge in [0.15, 0.2) is 0 Å². The molecule has 0 bridgehead atoms. The van der Waals surface area contributed by atoms with Crippen LogP contribution in [0.2, 0.25) is 0 Å². The van der Waals surface area contributed by atoms with Gasteiger partial charge in [-0.05, 0) is 25.7 Å². The zero-order valence-corrected chi connectivity index (χ0v) is 6.09. The summed E-state index contributed by atoms with van der Waals surface area (Å²) in [6, 6.07) is 0. The number of carbonyl (C=O) groups excluding carboxylic acids is 1. The van der Waals surface area contributed by atoms with Crippen molar-refractivity contribution in [1.29, 1.82) is 0 Å². The minimum atomic E-state index is -0.334. The average molecular weight is 141 g/mol. The van der Waals surface area contributed by atoms with Gasteiger partial charge in [0.25, 0.3) is 0 Å². The maximum atomic E-state index is 10.3. The number of rotatable bonds is 1. The normalized spacial score (nSPS) is 17.1. The first-order valence-electron chi connectivity index (χ1n) is 3.52. The fourth-order valence-electron chi connectivity index (χ4n) is 1.00. The molecule has 0 aliphatic heterocycles. The third-order valence-electron chi connectivity index (χ3n) is 1.48. The zero-order chi connectivity index (χ0) is 7.40. The number of hydrogen-bond acceptors (Lipinski definition) is 3. The maximum Gasteiger partial charge on any atom is 0.331 e. The Morgan fingerprint density at radius 3 is 2.60 bits per heavy atom. The molecule has 0 radical (unpaired) electrons. The van der Waals surface area contributed by atoms with E-state index in [-0.39, 0.29) is 5.97 Å². The van der Waals surface area contributed by atoms with Crippen LogP contribution in [0.15, 0.2) is 5.16 Å². The molecule has 0 N–H and O–H groups in total. The SMILES string of the molecule is CC(=O)ON=C1CCCC1. The van der Waals surface area contributed by atoms with Crippen LogP contribution < -0.4 is 0 Å². The molecule has 0 aromatic rings. The minimum absolute atomic E-state index is 0.334. The molecule has 56 valence electrons. The van der Waals surface area contributed by atoms with Gasteiger partial charge in [0.1, 0.15) is 0 Å². The van der Waals surface area contributed by atoms with Crippen LogP contribution in [-0.4, -0.2) is 11.7 Å². The lowest BCUT2D eigenvalue weighted by molar-refractivity contribution is -0.140. The van der Waals surface area contributed by atoms with E-state index in [1.165, 1.54) is 19.8 Å². The van der Waals surface area contributed by atoms with E-state index in [4.69, 9.17) is 0 Å². The summed E-state index contributed by atoms with van der Waals surface area (Å²) in [5.41, 5.74) is 1.02. The molecule has 1 saturated carbocycles. The summed E-state index contributed by atoms with van der Waals surface area (Å²) >= 11 is 0. The molecule has 0 saturated heterocycles. The van der Waals surface area contributed by atoms with Crippen molar-refractivity contribution in [1.82, 2.24) is 0 Å². The van der Waals surface area contributed by atoms with Gasteiger partial charge in [-0.3, -0.25) is 0 Å². The first kappa shape index (κ1) is 7.25. The summed E-state index contributed by atoms with van der Waals surface area (Å²) in [6.07, 6.45) is 4.35. The molecule has 0 atom stereocenters. The standard InChI is InChI=1S/C7H11NO2/c1-6(9)10-8-7-4-2-3-5-7/h2-5H2,1H3. The average Bonchev–Trinajstić information content (AvgIpc) is 2.34. The first-order valence-corrected chi connectivity index (χ1v) is 3.52. The Labute approximate surface area is 60.0 Å². The molecule has 1 aliphatic carbocycles. The Hall–Kier alpha value is -0.860. The van der Waals surface area contributed by atoms with E-state index in [1.54, 1.807) is 0 Å². The predicted molar refractivity (Wildman–Crippen MR) is 37.7 cm³/mol. The van der Waals surface area contributed by atoms with Crippen LogP contribution in [0.3, 0.4) is 0 Å². The molecule has 3 nitrogen and oxygen atoms in total. The number of hydrogen-bond donors (Lipinski definition) is 0. The Morgan fingerprint density at radius 1 is 1.50 bits per heavy atom. The van der Waals surface area contributed by atoms with Gasteiger partial charge in [-0.1, -0.05) is 5.16 Å². The van der Waals surface area contributed by atoms with Gasteiger partial charge in [0, 0.05) is 6.92 Å². The topological polar surface area (TPSA) is 38.7 Å². The van der Waals surface area contributed by atoms with Crippen LogP contribution in [0.5, 0.6) is 0 Å². The summed E-state index contributed by atoms with van der Waals surface area (Å²) in [5, 5.41) is 3.69. The van der Waals surface area contributed by atoms with Crippen LogP contribution in [0, 0.1) is 0 Å². The van der Waals surface area contributed by atoms with E-state index < -0.39 is 0 Å². The molecule has 1 rings (SSSR count). The first-order chi connectivity index (χ1) is 4.79. The summed E-state index contributed by atoms with van der Waals surface area (Å²) in [7, 11) is 0. The van der Waals surface area contributed by atoms with Crippen molar-refractivity contribution in [2.75, 3.05) is 0 Å². The molecule has 0 amide bonds. The second kappa shape index (κ2) is 3.34. The van der Waals surface area contributed by atoms with Crippen LogP contribution in [-0.2, 0) is 9.63 Å². The lowest BCUT2D eigenvalue weighted by Crippen LogP contribution is -1.96. The van der Waals surface area contributed by atoms with Gasteiger partial charge in [0.2, 0.25) is 0 Å². The highest BCUT2D eigenvalue weighted by atomic mass is 16.7. The third kappa shape index (κ3) is 2.17. The molecule has 10 heavy (non-hydrogen) atoms. The highest BCUT2D eigenvalue weighted by molar-refractivity contribution is 5.86. The van der Waals surface area contributed by atoms with Gasteiger partial charge in [-0.25, -0.2) is 4.79 Å². The van der Waals surface area contributed by atoms with Crippen molar-refractivity contribution >= 4 is 11.7 Å². The third-order valence-corrected chi connectivity index (χ3v) is 1.48. The van der Waals surface area contributed by atoms with Gasteiger partial charge in [0.05, 0.1) is 5.71 Å². The number of oxime groups is 1. The summed E-state index contributed by atoms with van der Waals surface area (Å²) in [5.74, 6) is -0.334. The second-order valence-electron chi connectivity index (χ2n) is 2.45. The molecule has 3 heteroatoms. The Kier molecular flexibility index (Phi) is 2.42. The molecule has 0 unspecified atom stereocenters. The van der Waals surface area contributed by atoms with Crippen molar-refractivity contribution in [3.05, 3.63) is 0 Å². The molecular formula is C7H11NO2. The fourth-order valence-corrected chi connectivity index (χ4v) is 1.00. The lowest BCUT2D eigenvalue weighted by atomic mass is 10.3. The Morgan fingerprint density at radius 2 is 2.10 bits per heavy atom. The van der Waals surface area contributed by atoms with Crippen LogP contribution >= 0.6 is 0 Å². The largest absolute Gasteiger partial charge is 0.331 e. The van der Waals surface area contributed by atoms with Gasteiger partial charge in [-0.2, -0.15) is 0 Å². The fraction of sp³-hybridized carbons (Fsp3) is 0.714. The molecule has 0 heterocycles.